The van der Waals surface area contributed by atoms with E-state index < -0.39 is 0 Å². The van der Waals surface area contributed by atoms with Gasteiger partial charge >= 0.3 is 0 Å². The third-order valence-electron chi connectivity index (χ3n) is 4.92. The Labute approximate surface area is 132 Å². The highest BCUT2D eigenvalue weighted by Crippen LogP contribution is 2.36. The van der Waals surface area contributed by atoms with Crippen LogP contribution in [0.25, 0.3) is 0 Å². The molecular weight excluding hydrogens is 284 g/mol. The lowest BCUT2D eigenvalue weighted by molar-refractivity contribution is -0.129. The number of hydrogen-bond donors (Lipinski definition) is 0. The van der Waals surface area contributed by atoms with Crippen LogP contribution in [0.5, 0.6) is 0 Å². The number of nitrogens with zero attached hydrogens (tertiary/aromatic N) is 2. The molecule has 2 fully saturated rings. The van der Waals surface area contributed by atoms with Crippen molar-refractivity contribution in [3.63, 3.8) is 0 Å². The second kappa shape index (κ2) is 8.06. The molecule has 1 saturated heterocycles. The standard InChI is InChI=1S/C16H28N2O2S/c1-3-17(2)15(19)10-12-21-16(20)18-11-6-8-13-7-4-5-9-14(13)18/h13-14H,3-12H2,1-2H3. The fraction of sp³-hybridized carbons (Fsp3) is 0.875. The molecule has 0 aromatic heterocycles. The van der Waals surface area contributed by atoms with Gasteiger partial charge in [0.1, 0.15) is 0 Å². The Morgan fingerprint density at radius 1 is 1.19 bits per heavy atom. The van der Waals surface area contributed by atoms with Crippen LogP contribution in [0.2, 0.25) is 0 Å². The lowest BCUT2D eigenvalue weighted by atomic mass is 9.78. The van der Waals surface area contributed by atoms with Gasteiger partial charge in [0.25, 0.3) is 5.24 Å². The Morgan fingerprint density at radius 3 is 2.67 bits per heavy atom. The maximum absolute atomic E-state index is 12.4. The first-order chi connectivity index (χ1) is 10.1. The van der Waals surface area contributed by atoms with Gasteiger partial charge in [-0.05, 0) is 38.5 Å². The zero-order valence-electron chi connectivity index (χ0n) is 13.3. The second-order valence-electron chi connectivity index (χ2n) is 6.22. The van der Waals surface area contributed by atoms with Crippen molar-refractivity contribution in [2.45, 2.75) is 57.9 Å². The molecule has 1 saturated carbocycles. The third kappa shape index (κ3) is 4.38. The van der Waals surface area contributed by atoms with E-state index in [1.54, 1.807) is 4.90 Å². The van der Waals surface area contributed by atoms with Gasteiger partial charge in [0.15, 0.2) is 0 Å². The highest BCUT2D eigenvalue weighted by molar-refractivity contribution is 8.13. The van der Waals surface area contributed by atoms with Gasteiger partial charge in [-0.2, -0.15) is 0 Å². The lowest BCUT2D eigenvalue weighted by Gasteiger charge is -2.43. The monoisotopic (exact) mass is 312 g/mol. The molecule has 5 heteroatoms. The van der Waals surface area contributed by atoms with Gasteiger partial charge in [-0.3, -0.25) is 9.59 Å². The summed E-state index contributed by atoms with van der Waals surface area (Å²) >= 11 is 1.33. The summed E-state index contributed by atoms with van der Waals surface area (Å²) in [5.74, 6) is 1.47. The summed E-state index contributed by atoms with van der Waals surface area (Å²) in [6.07, 6.45) is 7.95. The molecule has 0 spiro atoms. The van der Waals surface area contributed by atoms with Gasteiger partial charge in [-0.15, -0.1) is 0 Å². The van der Waals surface area contributed by atoms with Crippen LogP contribution < -0.4 is 0 Å². The van der Waals surface area contributed by atoms with Crippen molar-refractivity contribution in [1.29, 1.82) is 0 Å². The maximum Gasteiger partial charge on any atom is 0.281 e. The van der Waals surface area contributed by atoms with Crippen LogP contribution in [0.4, 0.5) is 4.79 Å². The fourth-order valence-electron chi connectivity index (χ4n) is 3.53. The minimum Gasteiger partial charge on any atom is -0.346 e. The molecule has 2 rings (SSSR count). The van der Waals surface area contributed by atoms with Gasteiger partial charge in [-0.1, -0.05) is 24.6 Å². The van der Waals surface area contributed by atoms with Crippen molar-refractivity contribution in [3.8, 4) is 0 Å². The number of carbonyl (C=O) groups excluding carboxylic acids is 2. The molecule has 120 valence electrons. The highest BCUT2D eigenvalue weighted by atomic mass is 32.2. The van der Waals surface area contributed by atoms with Crippen LogP contribution in [0.3, 0.4) is 0 Å². The first kappa shape index (κ1) is 16.7. The van der Waals surface area contributed by atoms with E-state index in [1.165, 1.54) is 43.9 Å². The molecule has 2 atom stereocenters. The number of likely N-dealkylation sites (tertiary alicyclic amines) is 1. The van der Waals surface area contributed by atoms with Crippen LogP contribution in [-0.4, -0.2) is 52.9 Å². The van der Waals surface area contributed by atoms with E-state index in [0.717, 1.165) is 25.4 Å². The number of amides is 2. The van der Waals surface area contributed by atoms with Gasteiger partial charge in [-0.25, -0.2) is 0 Å². The average Bonchev–Trinajstić information content (AvgIpc) is 2.53. The summed E-state index contributed by atoms with van der Waals surface area (Å²) in [6, 6.07) is 0.474. The SMILES string of the molecule is CCN(C)C(=O)CCSC(=O)N1CCCC2CCCCC21. The van der Waals surface area contributed by atoms with Crippen LogP contribution >= 0.6 is 11.8 Å². The molecule has 1 aliphatic carbocycles. The van der Waals surface area contributed by atoms with Crippen LogP contribution in [-0.2, 0) is 4.79 Å². The van der Waals surface area contributed by atoms with Gasteiger partial charge in [0.2, 0.25) is 5.91 Å². The van der Waals surface area contributed by atoms with Gasteiger partial charge < -0.3 is 9.80 Å². The Kier molecular flexibility index (Phi) is 6.40. The van der Waals surface area contributed by atoms with Gasteiger partial charge in [0.05, 0.1) is 0 Å². The first-order valence-electron chi connectivity index (χ1n) is 8.30. The van der Waals surface area contributed by atoms with E-state index in [4.69, 9.17) is 0 Å². The Balaban J connectivity index is 1.78. The summed E-state index contributed by atoms with van der Waals surface area (Å²) in [6.45, 7) is 3.61. The van der Waals surface area contributed by atoms with E-state index in [-0.39, 0.29) is 11.1 Å². The first-order valence-corrected chi connectivity index (χ1v) is 9.29. The van der Waals surface area contributed by atoms with E-state index in [0.29, 0.717) is 18.2 Å². The van der Waals surface area contributed by atoms with Crippen molar-refractivity contribution >= 4 is 22.9 Å². The van der Waals surface area contributed by atoms with Crippen LogP contribution in [0, 0.1) is 5.92 Å². The average molecular weight is 312 g/mol. The molecule has 0 N–H and O–H groups in total. The zero-order chi connectivity index (χ0) is 15.2. The molecule has 4 nitrogen and oxygen atoms in total. The number of carbonyl (C=O) groups is 2. The number of piperidine rings is 1. The van der Waals surface area contributed by atoms with E-state index in [9.17, 15) is 9.59 Å². The van der Waals surface area contributed by atoms with Crippen molar-refractivity contribution in [3.05, 3.63) is 0 Å². The number of hydrogen-bond acceptors (Lipinski definition) is 3. The van der Waals surface area contributed by atoms with E-state index in [2.05, 4.69) is 4.90 Å². The maximum atomic E-state index is 12.4. The molecule has 1 heterocycles. The molecule has 2 amide bonds. The van der Waals surface area contributed by atoms with Crippen molar-refractivity contribution in [2.24, 2.45) is 5.92 Å². The largest absolute Gasteiger partial charge is 0.346 e. The molecular formula is C16H28N2O2S. The van der Waals surface area contributed by atoms with E-state index in [1.807, 2.05) is 14.0 Å². The summed E-state index contributed by atoms with van der Waals surface area (Å²) in [4.78, 5) is 28.0. The van der Waals surface area contributed by atoms with Crippen LogP contribution in [0.15, 0.2) is 0 Å². The molecule has 0 bridgehead atoms. The molecule has 2 aliphatic rings. The Hall–Kier alpha value is -0.710. The minimum absolute atomic E-state index is 0.131. The molecule has 0 aromatic carbocycles. The summed E-state index contributed by atoms with van der Waals surface area (Å²) in [7, 11) is 1.81. The predicted molar refractivity (Wildman–Crippen MR) is 87.5 cm³/mol. The molecule has 0 aromatic rings. The van der Waals surface area contributed by atoms with Crippen molar-refractivity contribution in [1.82, 2.24) is 9.80 Å². The zero-order valence-corrected chi connectivity index (χ0v) is 14.2. The molecule has 21 heavy (non-hydrogen) atoms. The second-order valence-corrected chi connectivity index (χ2v) is 7.27. The normalized spacial score (nSPS) is 25.3. The van der Waals surface area contributed by atoms with E-state index >= 15 is 0 Å². The number of thioether (sulfide) groups is 1. The number of rotatable bonds is 4. The quantitative estimate of drug-likeness (QED) is 0.799. The Morgan fingerprint density at radius 2 is 1.90 bits per heavy atom. The minimum atomic E-state index is 0.131. The fourth-order valence-corrected chi connectivity index (χ4v) is 4.37. The predicted octanol–water partition coefficient (Wildman–Crippen LogP) is 3.36. The lowest BCUT2D eigenvalue weighted by Crippen LogP contribution is -2.48. The number of fused-ring (bicyclic) bond motifs is 1. The van der Waals surface area contributed by atoms with Crippen LogP contribution in [0.1, 0.15) is 51.9 Å². The smallest absolute Gasteiger partial charge is 0.281 e. The third-order valence-corrected chi connectivity index (χ3v) is 5.81. The molecule has 0 radical (unpaired) electrons. The summed E-state index contributed by atoms with van der Waals surface area (Å²) in [5.41, 5.74) is 0. The molecule has 2 unspecified atom stereocenters. The Bertz CT molecular complexity index is 373. The summed E-state index contributed by atoms with van der Waals surface area (Å²) < 4.78 is 0. The highest BCUT2D eigenvalue weighted by Gasteiger charge is 2.35. The summed E-state index contributed by atoms with van der Waals surface area (Å²) in [5, 5.41) is 0.193. The van der Waals surface area contributed by atoms with Gasteiger partial charge in [0, 0.05) is 38.4 Å². The van der Waals surface area contributed by atoms with Crippen molar-refractivity contribution < 1.29 is 9.59 Å². The molecule has 1 aliphatic heterocycles. The van der Waals surface area contributed by atoms with Crippen molar-refractivity contribution in [2.75, 3.05) is 25.9 Å². The topological polar surface area (TPSA) is 40.6 Å².